The summed E-state index contributed by atoms with van der Waals surface area (Å²) in [4.78, 5) is 11.3. The van der Waals surface area contributed by atoms with Crippen molar-refractivity contribution in [1.82, 2.24) is 9.78 Å². The van der Waals surface area contributed by atoms with Crippen LogP contribution in [0.4, 0.5) is 0 Å². The third-order valence-corrected chi connectivity index (χ3v) is 3.49. The van der Waals surface area contributed by atoms with Crippen molar-refractivity contribution in [3.63, 3.8) is 0 Å². The van der Waals surface area contributed by atoms with E-state index in [-0.39, 0.29) is 5.78 Å². The van der Waals surface area contributed by atoms with Gasteiger partial charge in [-0.15, -0.1) is 0 Å². The van der Waals surface area contributed by atoms with Crippen molar-refractivity contribution in [3.05, 3.63) is 17.5 Å². The van der Waals surface area contributed by atoms with E-state index in [9.17, 15) is 4.79 Å². The van der Waals surface area contributed by atoms with Gasteiger partial charge in [0.1, 0.15) is 5.69 Å². The molecule has 1 heterocycles. The number of aromatic nitrogens is 2. The summed E-state index contributed by atoms with van der Waals surface area (Å²) in [5.74, 6) is 0.693. The topological polar surface area (TPSA) is 34.9 Å². The molecule has 1 aliphatic carbocycles. The second-order valence-corrected chi connectivity index (χ2v) is 4.66. The SMILES string of the molecule is CCn1nc(C(C)=O)cc1C1CCCCC1. The van der Waals surface area contributed by atoms with Gasteiger partial charge in [0.2, 0.25) is 0 Å². The number of aryl methyl sites for hydroxylation is 1. The Kier molecular flexibility index (Phi) is 3.42. The van der Waals surface area contributed by atoms with Crippen LogP contribution in [0.1, 0.15) is 68.1 Å². The predicted molar refractivity (Wildman–Crippen MR) is 63.7 cm³/mol. The third-order valence-electron chi connectivity index (χ3n) is 3.49. The molecule has 3 nitrogen and oxygen atoms in total. The van der Waals surface area contributed by atoms with E-state index < -0.39 is 0 Å². The molecular weight excluding hydrogens is 200 g/mol. The number of ketones is 1. The molecule has 1 aliphatic rings. The first-order valence-electron chi connectivity index (χ1n) is 6.31. The van der Waals surface area contributed by atoms with E-state index in [2.05, 4.69) is 12.0 Å². The van der Waals surface area contributed by atoms with Crippen LogP contribution in [0.5, 0.6) is 0 Å². The Morgan fingerprint density at radius 1 is 1.44 bits per heavy atom. The monoisotopic (exact) mass is 220 g/mol. The fourth-order valence-electron chi connectivity index (χ4n) is 2.58. The van der Waals surface area contributed by atoms with Gasteiger partial charge in [0.05, 0.1) is 0 Å². The van der Waals surface area contributed by atoms with Crippen LogP contribution in [0.15, 0.2) is 6.07 Å². The third kappa shape index (κ3) is 2.18. The van der Waals surface area contributed by atoms with Crippen LogP contribution in [-0.4, -0.2) is 15.6 Å². The van der Waals surface area contributed by atoms with Crippen LogP contribution in [0.3, 0.4) is 0 Å². The molecule has 0 radical (unpaired) electrons. The summed E-state index contributed by atoms with van der Waals surface area (Å²) in [6.07, 6.45) is 6.49. The quantitative estimate of drug-likeness (QED) is 0.733. The first kappa shape index (κ1) is 11.4. The van der Waals surface area contributed by atoms with Crippen LogP contribution < -0.4 is 0 Å². The highest BCUT2D eigenvalue weighted by atomic mass is 16.1. The molecule has 0 spiro atoms. The van der Waals surface area contributed by atoms with E-state index in [0.29, 0.717) is 11.6 Å². The Labute approximate surface area is 96.8 Å². The summed E-state index contributed by atoms with van der Waals surface area (Å²) in [5.41, 5.74) is 1.90. The van der Waals surface area contributed by atoms with Crippen molar-refractivity contribution in [2.45, 2.75) is 58.4 Å². The molecule has 0 saturated heterocycles. The molecule has 0 aromatic carbocycles. The maximum absolute atomic E-state index is 11.3. The Hall–Kier alpha value is -1.12. The van der Waals surface area contributed by atoms with Crippen LogP contribution >= 0.6 is 0 Å². The lowest BCUT2D eigenvalue weighted by molar-refractivity contribution is 0.101. The van der Waals surface area contributed by atoms with Gasteiger partial charge in [-0.2, -0.15) is 5.10 Å². The Morgan fingerprint density at radius 3 is 2.69 bits per heavy atom. The molecule has 88 valence electrons. The molecule has 0 amide bonds. The van der Waals surface area contributed by atoms with Gasteiger partial charge in [-0.25, -0.2) is 0 Å². The second-order valence-electron chi connectivity index (χ2n) is 4.66. The average Bonchev–Trinajstić information content (AvgIpc) is 2.74. The van der Waals surface area contributed by atoms with Gasteiger partial charge in [-0.1, -0.05) is 19.3 Å². The molecule has 2 rings (SSSR count). The molecule has 0 N–H and O–H groups in total. The second kappa shape index (κ2) is 4.81. The first-order valence-corrected chi connectivity index (χ1v) is 6.31. The summed E-state index contributed by atoms with van der Waals surface area (Å²) in [5, 5.41) is 4.37. The highest BCUT2D eigenvalue weighted by molar-refractivity contribution is 5.92. The molecule has 16 heavy (non-hydrogen) atoms. The lowest BCUT2D eigenvalue weighted by atomic mass is 9.87. The predicted octanol–water partition coefficient (Wildman–Crippen LogP) is 3.15. The fourth-order valence-corrected chi connectivity index (χ4v) is 2.58. The molecule has 3 heteroatoms. The lowest BCUT2D eigenvalue weighted by Gasteiger charge is -2.22. The largest absolute Gasteiger partial charge is 0.293 e. The minimum Gasteiger partial charge on any atom is -0.293 e. The van der Waals surface area contributed by atoms with Crippen molar-refractivity contribution in [3.8, 4) is 0 Å². The van der Waals surface area contributed by atoms with E-state index in [0.717, 1.165) is 6.54 Å². The number of hydrogen-bond donors (Lipinski definition) is 0. The minimum atomic E-state index is 0.0734. The van der Waals surface area contributed by atoms with Crippen molar-refractivity contribution in [1.29, 1.82) is 0 Å². The van der Waals surface area contributed by atoms with Crippen LogP contribution in [0, 0.1) is 0 Å². The fraction of sp³-hybridized carbons (Fsp3) is 0.692. The Morgan fingerprint density at radius 2 is 2.12 bits per heavy atom. The van der Waals surface area contributed by atoms with Crippen molar-refractivity contribution >= 4 is 5.78 Å². The number of rotatable bonds is 3. The van der Waals surface area contributed by atoms with Crippen molar-refractivity contribution in [2.24, 2.45) is 0 Å². The van der Waals surface area contributed by atoms with Gasteiger partial charge in [-0.3, -0.25) is 9.48 Å². The molecule has 0 aliphatic heterocycles. The van der Waals surface area contributed by atoms with E-state index in [1.807, 2.05) is 10.7 Å². The highest BCUT2D eigenvalue weighted by Gasteiger charge is 2.21. The zero-order valence-corrected chi connectivity index (χ0v) is 10.2. The summed E-state index contributed by atoms with van der Waals surface area (Å²) >= 11 is 0. The minimum absolute atomic E-state index is 0.0734. The number of hydrogen-bond acceptors (Lipinski definition) is 2. The van der Waals surface area contributed by atoms with E-state index in [1.54, 1.807) is 6.92 Å². The smallest absolute Gasteiger partial charge is 0.179 e. The molecule has 1 fully saturated rings. The molecular formula is C13H20N2O. The maximum Gasteiger partial charge on any atom is 0.179 e. The van der Waals surface area contributed by atoms with Gasteiger partial charge >= 0.3 is 0 Å². The van der Waals surface area contributed by atoms with E-state index in [1.165, 1.54) is 37.8 Å². The van der Waals surface area contributed by atoms with Crippen molar-refractivity contribution < 1.29 is 4.79 Å². The van der Waals surface area contributed by atoms with Gasteiger partial charge in [0.15, 0.2) is 5.78 Å². The molecule has 0 atom stereocenters. The standard InChI is InChI=1S/C13H20N2O/c1-3-15-13(9-12(14-15)10(2)16)11-7-5-4-6-8-11/h9,11H,3-8H2,1-2H3. The van der Waals surface area contributed by atoms with Crippen LogP contribution in [0.25, 0.3) is 0 Å². The van der Waals surface area contributed by atoms with Crippen LogP contribution in [-0.2, 0) is 6.54 Å². The van der Waals surface area contributed by atoms with Gasteiger partial charge in [0, 0.05) is 25.1 Å². The lowest BCUT2D eigenvalue weighted by Crippen LogP contribution is -2.11. The summed E-state index contributed by atoms with van der Waals surface area (Å²) in [6.45, 7) is 4.54. The molecule has 1 aromatic rings. The van der Waals surface area contributed by atoms with Crippen molar-refractivity contribution in [2.75, 3.05) is 0 Å². The van der Waals surface area contributed by atoms with Crippen LogP contribution in [0.2, 0.25) is 0 Å². The Bertz CT molecular complexity index is 375. The van der Waals surface area contributed by atoms with E-state index in [4.69, 9.17) is 0 Å². The van der Waals surface area contributed by atoms with E-state index >= 15 is 0 Å². The number of Topliss-reactive ketones (excluding diaryl/α,β-unsaturated/α-hetero) is 1. The summed E-state index contributed by atoms with van der Waals surface area (Å²) < 4.78 is 2.01. The molecule has 0 unspecified atom stereocenters. The molecule has 0 bridgehead atoms. The zero-order chi connectivity index (χ0) is 11.5. The average molecular weight is 220 g/mol. The van der Waals surface area contributed by atoms with Gasteiger partial charge < -0.3 is 0 Å². The first-order chi connectivity index (χ1) is 7.72. The highest BCUT2D eigenvalue weighted by Crippen LogP contribution is 2.32. The number of carbonyl (C=O) groups is 1. The summed E-state index contributed by atoms with van der Waals surface area (Å²) in [7, 11) is 0. The van der Waals surface area contributed by atoms with Gasteiger partial charge in [0.25, 0.3) is 0 Å². The van der Waals surface area contributed by atoms with Gasteiger partial charge in [-0.05, 0) is 25.8 Å². The Balaban J connectivity index is 2.26. The zero-order valence-electron chi connectivity index (χ0n) is 10.2. The number of nitrogens with zero attached hydrogens (tertiary/aromatic N) is 2. The summed E-state index contributed by atoms with van der Waals surface area (Å²) in [6, 6.07) is 2.00. The number of carbonyl (C=O) groups excluding carboxylic acids is 1. The molecule has 1 saturated carbocycles. The normalized spacial score (nSPS) is 17.6. The molecule has 1 aromatic heterocycles. The maximum atomic E-state index is 11.3.